The minimum absolute atomic E-state index is 0.236. The third kappa shape index (κ3) is 3.28. The lowest BCUT2D eigenvalue weighted by Crippen LogP contribution is -2.45. The first kappa shape index (κ1) is 18.2. The Morgan fingerprint density at radius 1 is 0.862 bits per heavy atom. The van der Waals surface area contributed by atoms with Crippen LogP contribution in [0.25, 0.3) is 22.5 Å². The van der Waals surface area contributed by atoms with E-state index < -0.39 is 0 Å². The Balaban J connectivity index is 1.78. The van der Waals surface area contributed by atoms with Gasteiger partial charge in [-0.15, -0.1) is 0 Å². The van der Waals surface area contributed by atoms with E-state index in [0.29, 0.717) is 5.56 Å². The van der Waals surface area contributed by atoms with Crippen LogP contribution in [0.3, 0.4) is 0 Å². The second kappa shape index (κ2) is 7.53. The molecule has 0 atom stereocenters. The quantitative estimate of drug-likeness (QED) is 0.661. The zero-order valence-electron chi connectivity index (χ0n) is 16.9. The normalized spacial score (nSPS) is 16.8. The molecule has 148 valence electrons. The molecule has 5 rings (SSSR count). The van der Waals surface area contributed by atoms with Crippen molar-refractivity contribution in [3.05, 3.63) is 76.1 Å². The van der Waals surface area contributed by atoms with Crippen molar-refractivity contribution < 1.29 is 4.42 Å². The zero-order chi connectivity index (χ0) is 19.8. The topological polar surface area (TPSA) is 36.7 Å². The molecule has 2 aromatic carbocycles. The number of aryl methyl sites for hydroxylation is 1. The number of benzene rings is 2. The van der Waals surface area contributed by atoms with Crippen molar-refractivity contribution in [2.24, 2.45) is 0 Å². The Morgan fingerprint density at radius 2 is 1.59 bits per heavy atom. The monoisotopic (exact) mass is 386 g/mol. The molecule has 0 unspecified atom stereocenters. The molecule has 1 saturated heterocycles. The number of hydrogen-bond donors (Lipinski definition) is 0. The summed E-state index contributed by atoms with van der Waals surface area (Å²) in [4.78, 5) is 18.1. The number of hydrogen-bond acceptors (Lipinski definition) is 4. The van der Waals surface area contributed by atoms with Crippen molar-refractivity contribution in [1.82, 2.24) is 4.90 Å². The fourth-order valence-corrected chi connectivity index (χ4v) is 4.66. The van der Waals surface area contributed by atoms with Crippen LogP contribution in [0.15, 0.2) is 63.8 Å². The maximum absolute atomic E-state index is 13.3. The summed E-state index contributed by atoms with van der Waals surface area (Å²) in [6, 6.07) is 18.4. The molecule has 1 aromatic heterocycles. The molecule has 4 nitrogen and oxygen atoms in total. The number of piperazine rings is 1. The van der Waals surface area contributed by atoms with Crippen LogP contribution in [0.5, 0.6) is 0 Å². The van der Waals surface area contributed by atoms with E-state index in [1.54, 1.807) is 0 Å². The predicted molar refractivity (Wildman–Crippen MR) is 118 cm³/mol. The van der Waals surface area contributed by atoms with Gasteiger partial charge in [0.15, 0.2) is 0 Å². The van der Waals surface area contributed by atoms with Crippen molar-refractivity contribution in [3.63, 3.8) is 0 Å². The summed E-state index contributed by atoms with van der Waals surface area (Å²) in [6.45, 7) is 3.85. The smallest absolute Gasteiger partial charge is 0.346 e. The summed E-state index contributed by atoms with van der Waals surface area (Å²) >= 11 is 0. The van der Waals surface area contributed by atoms with Gasteiger partial charge in [-0.25, -0.2) is 4.79 Å². The Bertz CT molecular complexity index is 1080. The standard InChI is InChI=1S/C25H26N2O2/c1-26-14-16-27(17-15-26)23-21-13-7-11-18-8-5-6-12-20(18)24(21)29-25(28)22(23)19-9-3-2-4-10-19/h2-6,8-10,12H,7,11,13-17H2,1H3. The van der Waals surface area contributed by atoms with Gasteiger partial charge in [-0.3, -0.25) is 0 Å². The molecule has 4 heteroatoms. The summed E-state index contributed by atoms with van der Waals surface area (Å²) in [5, 5.41) is 0. The summed E-state index contributed by atoms with van der Waals surface area (Å²) in [6.07, 6.45) is 3.00. The van der Waals surface area contributed by atoms with Crippen LogP contribution in [0.2, 0.25) is 0 Å². The summed E-state index contributed by atoms with van der Waals surface area (Å²) in [5.41, 5.74) is 6.05. The first-order valence-corrected chi connectivity index (χ1v) is 10.5. The highest BCUT2D eigenvalue weighted by molar-refractivity contribution is 5.85. The predicted octanol–water partition coefficient (Wildman–Crippen LogP) is 4.21. The van der Waals surface area contributed by atoms with Gasteiger partial charge in [0.25, 0.3) is 0 Å². The SMILES string of the molecule is CN1CCN(c2c3c(oc(=O)c2-c2ccccc2)-c2ccccc2CCC3)CC1. The Kier molecular flexibility index (Phi) is 4.72. The lowest BCUT2D eigenvalue weighted by Gasteiger charge is -2.36. The molecular formula is C25H26N2O2. The molecule has 0 N–H and O–H groups in total. The second-order valence-corrected chi connectivity index (χ2v) is 8.09. The van der Waals surface area contributed by atoms with Gasteiger partial charge in [0.2, 0.25) is 0 Å². The fourth-order valence-electron chi connectivity index (χ4n) is 4.66. The fraction of sp³-hybridized carbons (Fsp3) is 0.320. The molecule has 2 heterocycles. The molecule has 0 spiro atoms. The third-order valence-corrected chi connectivity index (χ3v) is 6.21. The van der Waals surface area contributed by atoms with Crippen molar-refractivity contribution in [3.8, 4) is 22.5 Å². The molecule has 0 saturated carbocycles. The van der Waals surface area contributed by atoms with E-state index in [-0.39, 0.29) is 5.63 Å². The van der Waals surface area contributed by atoms with E-state index in [1.165, 1.54) is 11.1 Å². The van der Waals surface area contributed by atoms with Crippen molar-refractivity contribution in [2.45, 2.75) is 19.3 Å². The molecule has 1 fully saturated rings. The van der Waals surface area contributed by atoms with E-state index >= 15 is 0 Å². The number of likely N-dealkylation sites (N-methyl/N-ethyl adjacent to an activating group) is 1. The Hall–Kier alpha value is -2.85. The third-order valence-electron chi connectivity index (χ3n) is 6.21. The minimum Gasteiger partial charge on any atom is -0.422 e. The first-order valence-electron chi connectivity index (χ1n) is 10.5. The van der Waals surface area contributed by atoms with Gasteiger partial charge in [-0.2, -0.15) is 0 Å². The van der Waals surface area contributed by atoms with E-state index in [4.69, 9.17) is 4.42 Å². The average molecular weight is 386 g/mol. The number of fused-ring (bicyclic) bond motifs is 3. The lowest BCUT2D eigenvalue weighted by molar-refractivity contribution is 0.312. The largest absolute Gasteiger partial charge is 0.422 e. The zero-order valence-corrected chi connectivity index (χ0v) is 16.9. The molecule has 0 bridgehead atoms. The maximum atomic E-state index is 13.3. The van der Waals surface area contributed by atoms with E-state index in [1.807, 2.05) is 36.4 Å². The lowest BCUT2D eigenvalue weighted by atomic mass is 9.96. The van der Waals surface area contributed by atoms with Crippen molar-refractivity contribution >= 4 is 5.69 Å². The van der Waals surface area contributed by atoms with Crippen LogP contribution < -0.4 is 10.5 Å². The van der Waals surface area contributed by atoms with E-state index in [0.717, 1.165) is 68.0 Å². The van der Waals surface area contributed by atoms with Crippen molar-refractivity contribution in [2.75, 3.05) is 38.1 Å². The molecular weight excluding hydrogens is 360 g/mol. The molecule has 0 radical (unpaired) electrons. The number of rotatable bonds is 2. The van der Waals surface area contributed by atoms with Crippen LogP contribution in [-0.4, -0.2) is 38.1 Å². The van der Waals surface area contributed by atoms with Gasteiger partial charge in [0.05, 0.1) is 11.3 Å². The van der Waals surface area contributed by atoms with Crippen LogP contribution in [-0.2, 0) is 12.8 Å². The van der Waals surface area contributed by atoms with E-state index in [2.05, 4.69) is 35.0 Å². The highest BCUT2D eigenvalue weighted by Crippen LogP contribution is 2.41. The Morgan fingerprint density at radius 3 is 2.38 bits per heavy atom. The molecule has 1 aliphatic carbocycles. The molecule has 2 aliphatic rings. The molecule has 1 aliphatic heterocycles. The molecule has 3 aromatic rings. The van der Waals surface area contributed by atoms with Crippen LogP contribution in [0.1, 0.15) is 17.5 Å². The average Bonchev–Trinajstić information content (AvgIpc) is 2.93. The molecule has 0 amide bonds. The summed E-state index contributed by atoms with van der Waals surface area (Å²) in [7, 11) is 2.16. The second-order valence-electron chi connectivity index (χ2n) is 8.09. The van der Waals surface area contributed by atoms with Crippen LogP contribution in [0, 0.1) is 0 Å². The summed E-state index contributed by atoms with van der Waals surface area (Å²) in [5.74, 6) is 0.775. The minimum atomic E-state index is -0.236. The number of anilines is 1. The Labute approximate surface area is 171 Å². The summed E-state index contributed by atoms with van der Waals surface area (Å²) < 4.78 is 6.05. The highest BCUT2D eigenvalue weighted by Gasteiger charge is 2.29. The van der Waals surface area contributed by atoms with Gasteiger partial charge in [0.1, 0.15) is 5.76 Å². The van der Waals surface area contributed by atoms with Gasteiger partial charge in [-0.1, -0.05) is 54.6 Å². The van der Waals surface area contributed by atoms with Gasteiger partial charge < -0.3 is 14.2 Å². The van der Waals surface area contributed by atoms with Gasteiger partial charge in [0, 0.05) is 37.3 Å². The highest BCUT2D eigenvalue weighted by atomic mass is 16.4. The first-order chi connectivity index (χ1) is 14.2. The number of nitrogens with zero attached hydrogens (tertiary/aromatic N) is 2. The van der Waals surface area contributed by atoms with Crippen molar-refractivity contribution in [1.29, 1.82) is 0 Å². The maximum Gasteiger partial charge on any atom is 0.346 e. The molecule has 29 heavy (non-hydrogen) atoms. The van der Waals surface area contributed by atoms with Crippen LogP contribution >= 0.6 is 0 Å². The van der Waals surface area contributed by atoms with Gasteiger partial charge >= 0.3 is 5.63 Å². The van der Waals surface area contributed by atoms with Gasteiger partial charge in [-0.05, 0) is 37.4 Å². The van der Waals surface area contributed by atoms with E-state index in [9.17, 15) is 4.79 Å². The van der Waals surface area contributed by atoms with Crippen LogP contribution in [0.4, 0.5) is 5.69 Å².